The molecule has 0 aromatic heterocycles. The number of carboxylic acids is 1. The van der Waals surface area contributed by atoms with Crippen molar-refractivity contribution < 1.29 is 18.3 Å². The summed E-state index contributed by atoms with van der Waals surface area (Å²) in [5, 5.41) is 8.38. The second kappa shape index (κ2) is 6.60. The van der Waals surface area contributed by atoms with Crippen LogP contribution in [0.15, 0.2) is 29.2 Å². The molecule has 0 amide bonds. The smallest absolute Gasteiger partial charge is 0.303 e. The van der Waals surface area contributed by atoms with E-state index in [1.165, 1.54) is 0 Å². The second-order valence-corrected chi connectivity index (χ2v) is 8.16. The van der Waals surface area contributed by atoms with Crippen molar-refractivity contribution in [2.24, 2.45) is 5.92 Å². The Bertz CT molecular complexity index is 581. The number of carboxylic acid groups (broad SMARTS) is 1. The summed E-state index contributed by atoms with van der Waals surface area (Å²) >= 11 is 0. The molecule has 1 N–H and O–H groups in total. The number of rotatable bonds is 5. The Morgan fingerprint density at radius 1 is 1.14 bits per heavy atom. The predicted molar refractivity (Wildman–Crippen MR) is 81.0 cm³/mol. The summed E-state index contributed by atoms with van der Waals surface area (Å²) in [4.78, 5) is 11.0. The minimum Gasteiger partial charge on any atom is -0.481 e. The normalized spacial score (nSPS) is 22.9. The zero-order chi connectivity index (χ0) is 15.5. The minimum atomic E-state index is -3.25. The fourth-order valence-corrected chi connectivity index (χ4v) is 4.77. The van der Waals surface area contributed by atoms with E-state index < -0.39 is 15.8 Å². The van der Waals surface area contributed by atoms with Crippen molar-refractivity contribution in [1.82, 2.24) is 0 Å². The molecule has 5 heteroatoms. The lowest BCUT2D eigenvalue weighted by molar-refractivity contribution is -0.137. The first kappa shape index (κ1) is 16.0. The minimum absolute atomic E-state index is 0.181. The number of hydrogen-bond donors (Lipinski definition) is 1. The van der Waals surface area contributed by atoms with Crippen LogP contribution in [0.25, 0.3) is 0 Å². The SMILES string of the molecule is Cc1ccc(S(=O)(=O)[C@H]2CC[C@@H](CCC(=O)O)CC2)cc1. The summed E-state index contributed by atoms with van der Waals surface area (Å²) in [6.07, 6.45) is 3.74. The maximum absolute atomic E-state index is 12.6. The van der Waals surface area contributed by atoms with Crippen molar-refractivity contribution in [2.75, 3.05) is 0 Å². The summed E-state index contributed by atoms with van der Waals surface area (Å²) in [6, 6.07) is 7.01. The molecule has 0 aliphatic heterocycles. The molecule has 0 saturated heterocycles. The first-order valence-electron chi connectivity index (χ1n) is 7.42. The molecule has 2 rings (SSSR count). The van der Waals surface area contributed by atoms with Crippen molar-refractivity contribution in [3.8, 4) is 0 Å². The van der Waals surface area contributed by atoms with Gasteiger partial charge < -0.3 is 5.11 Å². The van der Waals surface area contributed by atoms with Crippen LogP contribution in [0.3, 0.4) is 0 Å². The van der Waals surface area contributed by atoms with Gasteiger partial charge in [0.15, 0.2) is 9.84 Å². The van der Waals surface area contributed by atoms with E-state index in [0.29, 0.717) is 30.1 Å². The zero-order valence-electron chi connectivity index (χ0n) is 12.3. The van der Waals surface area contributed by atoms with Crippen LogP contribution in [0.1, 0.15) is 44.1 Å². The van der Waals surface area contributed by atoms with Crippen LogP contribution in [0.5, 0.6) is 0 Å². The first-order valence-corrected chi connectivity index (χ1v) is 8.96. The lowest BCUT2D eigenvalue weighted by Gasteiger charge is -2.28. The number of benzene rings is 1. The van der Waals surface area contributed by atoms with Crippen LogP contribution in [0, 0.1) is 12.8 Å². The van der Waals surface area contributed by atoms with E-state index in [-0.39, 0.29) is 11.7 Å². The van der Waals surface area contributed by atoms with Crippen LogP contribution < -0.4 is 0 Å². The molecule has 1 saturated carbocycles. The number of aliphatic carboxylic acids is 1. The molecule has 1 fully saturated rings. The van der Waals surface area contributed by atoms with Gasteiger partial charge in [0.2, 0.25) is 0 Å². The topological polar surface area (TPSA) is 71.4 Å². The third-order valence-corrected chi connectivity index (χ3v) is 6.63. The van der Waals surface area contributed by atoms with Gasteiger partial charge in [-0.2, -0.15) is 0 Å². The highest BCUT2D eigenvalue weighted by molar-refractivity contribution is 7.92. The summed E-state index contributed by atoms with van der Waals surface area (Å²) in [7, 11) is -3.25. The quantitative estimate of drug-likeness (QED) is 0.906. The molecule has 0 bridgehead atoms. The third kappa shape index (κ3) is 4.06. The van der Waals surface area contributed by atoms with Crippen LogP contribution in [0.4, 0.5) is 0 Å². The highest BCUT2D eigenvalue weighted by atomic mass is 32.2. The van der Waals surface area contributed by atoms with Gasteiger partial charge in [0.25, 0.3) is 0 Å². The predicted octanol–water partition coefficient (Wildman–Crippen LogP) is 3.19. The fourth-order valence-electron chi connectivity index (χ4n) is 2.98. The molecule has 0 atom stereocenters. The molecule has 4 nitrogen and oxygen atoms in total. The van der Waals surface area contributed by atoms with Gasteiger partial charge in [-0.3, -0.25) is 4.79 Å². The molecular formula is C16H22O4S. The Hall–Kier alpha value is -1.36. The van der Waals surface area contributed by atoms with Crippen LogP contribution in [-0.4, -0.2) is 24.7 Å². The monoisotopic (exact) mass is 310 g/mol. The maximum Gasteiger partial charge on any atom is 0.303 e. The average molecular weight is 310 g/mol. The van der Waals surface area contributed by atoms with Crippen molar-refractivity contribution >= 4 is 15.8 Å². The van der Waals surface area contributed by atoms with Gasteiger partial charge in [-0.15, -0.1) is 0 Å². The Morgan fingerprint density at radius 2 is 1.71 bits per heavy atom. The first-order chi connectivity index (χ1) is 9.89. The summed E-state index contributed by atoms with van der Waals surface area (Å²) in [6.45, 7) is 1.93. The zero-order valence-corrected chi connectivity index (χ0v) is 13.1. The third-order valence-electron chi connectivity index (χ3n) is 4.35. The standard InChI is InChI=1S/C16H22O4S/c1-12-2-7-14(8-3-12)21(19,20)15-9-4-13(5-10-15)6-11-16(17)18/h2-3,7-8,13,15H,4-6,9-11H2,1H3,(H,17,18)/t13-,15+. The van der Waals surface area contributed by atoms with E-state index in [4.69, 9.17) is 5.11 Å². The molecule has 0 radical (unpaired) electrons. The van der Waals surface area contributed by atoms with Crippen LogP contribution in [0.2, 0.25) is 0 Å². The van der Waals surface area contributed by atoms with E-state index in [0.717, 1.165) is 18.4 Å². The van der Waals surface area contributed by atoms with Gasteiger partial charge in [0, 0.05) is 6.42 Å². The van der Waals surface area contributed by atoms with E-state index in [1.54, 1.807) is 12.1 Å². The van der Waals surface area contributed by atoms with E-state index in [2.05, 4.69) is 0 Å². The van der Waals surface area contributed by atoms with Crippen molar-refractivity contribution in [3.63, 3.8) is 0 Å². The van der Waals surface area contributed by atoms with Crippen molar-refractivity contribution in [3.05, 3.63) is 29.8 Å². The summed E-state index contributed by atoms with van der Waals surface area (Å²) in [5.74, 6) is -0.421. The Morgan fingerprint density at radius 3 is 2.24 bits per heavy atom. The molecule has 0 spiro atoms. The molecule has 1 aromatic rings. The largest absolute Gasteiger partial charge is 0.481 e. The Balaban J connectivity index is 1.97. The van der Waals surface area contributed by atoms with Crippen LogP contribution in [-0.2, 0) is 14.6 Å². The molecule has 0 heterocycles. The van der Waals surface area contributed by atoms with Crippen molar-refractivity contribution in [1.29, 1.82) is 0 Å². The molecule has 1 aromatic carbocycles. The molecule has 1 aliphatic rings. The van der Waals surface area contributed by atoms with Crippen molar-refractivity contribution in [2.45, 2.75) is 55.6 Å². The van der Waals surface area contributed by atoms with Gasteiger partial charge in [-0.05, 0) is 57.1 Å². The van der Waals surface area contributed by atoms with E-state index in [9.17, 15) is 13.2 Å². The Kier molecular flexibility index (Phi) is 5.04. The highest BCUT2D eigenvalue weighted by Crippen LogP contribution is 2.33. The van der Waals surface area contributed by atoms with Gasteiger partial charge in [-0.25, -0.2) is 8.42 Å². The maximum atomic E-state index is 12.6. The lowest BCUT2D eigenvalue weighted by Crippen LogP contribution is -2.27. The highest BCUT2D eigenvalue weighted by Gasteiger charge is 2.31. The van der Waals surface area contributed by atoms with Gasteiger partial charge >= 0.3 is 5.97 Å². The Labute approximate surface area is 126 Å². The van der Waals surface area contributed by atoms with E-state index >= 15 is 0 Å². The summed E-state index contributed by atoms with van der Waals surface area (Å²) in [5.41, 5.74) is 1.05. The number of hydrogen-bond acceptors (Lipinski definition) is 3. The number of carbonyl (C=O) groups is 1. The molecular weight excluding hydrogens is 288 g/mol. The van der Waals surface area contributed by atoms with Gasteiger partial charge in [0.1, 0.15) is 0 Å². The molecule has 116 valence electrons. The number of sulfone groups is 1. The fraction of sp³-hybridized carbons (Fsp3) is 0.562. The van der Waals surface area contributed by atoms with Gasteiger partial charge in [0.05, 0.1) is 10.1 Å². The lowest BCUT2D eigenvalue weighted by atomic mass is 9.86. The second-order valence-electron chi connectivity index (χ2n) is 5.93. The molecule has 21 heavy (non-hydrogen) atoms. The molecule has 1 aliphatic carbocycles. The number of aryl methyl sites for hydroxylation is 1. The van der Waals surface area contributed by atoms with Gasteiger partial charge in [-0.1, -0.05) is 17.7 Å². The van der Waals surface area contributed by atoms with E-state index in [1.807, 2.05) is 19.1 Å². The average Bonchev–Trinajstić information content (AvgIpc) is 2.46. The molecule has 0 unspecified atom stereocenters. The van der Waals surface area contributed by atoms with Crippen LogP contribution >= 0.6 is 0 Å². The summed E-state index contributed by atoms with van der Waals surface area (Å²) < 4.78 is 25.2.